The third-order valence-electron chi connectivity index (χ3n) is 5.98. The highest BCUT2D eigenvalue weighted by Crippen LogP contribution is 2.42. The van der Waals surface area contributed by atoms with Crippen molar-refractivity contribution in [2.75, 3.05) is 9.80 Å². The quantitative estimate of drug-likeness (QED) is 0.628. The van der Waals surface area contributed by atoms with Crippen molar-refractivity contribution in [3.05, 3.63) is 77.6 Å². The molecule has 1 aromatic heterocycles. The second-order valence-corrected chi connectivity index (χ2v) is 8.06. The smallest absolute Gasteiger partial charge is 0.276 e. The fraction of sp³-hybridized carbons (Fsp3) is 0.320. The number of anilines is 2. The summed E-state index contributed by atoms with van der Waals surface area (Å²) in [5, 5.41) is 4.45. The fourth-order valence-corrected chi connectivity index (χ4v) is 4.53. The van der Waals surface area contributed by atoms with Gasteiger partial charge in [-0.25, -0.2) is 0 Å². The van der Waals surface area contributed by atoms with E-state index in [1.165, 1.54) is 0 Å². The Labute approximate surface area is 183 Å². The Bertz CT molecular complexity index is 1110. The van der Waals surface area contributed by atoms with Gasteiger partial charge in [-0.2, -0.15) is 5.10 Å². The number of benzene rings is 2. The highest BCUT2D eigenvalue weighted by atomic mass is 16.2. The van der Waals surface area contributed by atoms with Crippen molar-refractivity contribution < 1.29 is 9.59 Å². The number of hydrogen-bond donors (Lipinski definition) is 0. The first kappa shape index (κ1) is 20.8. The van der Waals surface area contributed by atoms with Gasteiger partial charge in [0.1, 0.15) is 5.69 Å². The number of para-hydroxylation sites is 2. The average Bonchev–Trinajstić information content (AvgIpc) is 3.15. The molecule has 1 aliphatic heterocycles. The van der Waals surface area contributed by atoms with Crippen LogP contribution in [0.25, 0.3) is 0 Å². The number of hydrogen-bond acceptors (Lipinski definition) is 3. The van der Waals surface area contributed by atoms with Crippen LogP contribution in [0.1, 0.15) is 55.0 Å². The van der Waals surface area contributed by atoms with Crippen LogP contribution in [-0.4, -0.2) is 27.6 Å². The van der Waals surface area contributed by atoms with Crippen molar-refractivity contribution in [2.24, 2.45) is 7.05 Å². The Hall–Kier alpha value is -3.41. The average molecular weight is 417 g/mol. The molecule has 2 amide bonds. The first-order valence-corrected chi connectivity index (χ1v) is 10.7. The van der Waals surface area contributed by atoms with E-state index in [-0.39, 0.29) is 23.9 Å². The third-order valence-corrected chi connectivity index (χ3v) is 5.98. The first-order valence-electron chi connectivity index (χ1n) is 10.7. The summed E-state index contributed by atoms with van der Waals surface area (Å²) in [5.74, 6) is -0.0839. The van der Waals surface area contributed by atoms with E-state index >= 15 is 0 Å². The molecule has 0 fully saturated rings. The summed E-state index contributed by atoms with van der Waals surface area (Å²) in [6.45, 7) is 5.67. The zero-order valence-electron chi connectivity index (χ0n) is 18.4. The lowest BCUT2D eigenvalue weighted by Gasteiger charge is -2.43. The molecular formula is C25H28N4O2. The molecule has 2 aromatic carbocycles. The van der Waals surface area contributed by atoms with Crippen molar-refractivity contribution in [3.8, 4) is 0 Å². The van der Waals surface area contributed by atoms with E-state index in [9.17, 15) is 9.59 Å². The van der Waals surface area contributed by atoms with Gasteiger partial charge in [-0.3, -0.25) is 14.3 Å². The number of nitrogens with zero attached hydrogens (tertiary/aromatic N) is 4. The van der Waals surface area contributed by atoms with Crippen LogP contribution in [0.5, 0.6) is 0 Å². The predicted octanol–water partition coefficient (Wildman–Crippen LogP) is 4.52. The lowest BCUT2D eigenvalue weighted by molar-refractivity contribution is -0.117. The number of fused-ring (bicyclic) bond motifs is 1. The molecule has 4 rings (SSSR count). The minimum Gasteiger partial charge on any atom is -0.305 e. The second kappa shape index (κ2) is 8.38. The molecule has 0 saturated heterocycles. The summed E-state index contributed by atoms with van der Waals surface area (Å²) in [4.78, 5) is 30.0. The molecule has 0 radical (unpaired) electrons. The van der Waals surface area contributed by atoms with E-state index in [2.05, 4.69) is 5.10 Å². The van der Waals surface area contributed by atoms with Crippen LogP contribution in [0.3, 0.4) is 0 Å². The zero-order valence-corrected chi connectivity index (χ0v) is 18.4. The summed E-state index contributed by atoms with van der Waals surface area (Å²) in [6, 6.07) is 19.3. The molecule has 3 aromatic rings. The van der Waals surface area contributed by atoms with Crippen molar-refractivity contribution >= 4 is 23.2 Å². The SMILES string of the molecule is CCc1cc(C(=O)N2c3ccccc3[C@H](N(C(C)=O)c3ccccc3)C[C@@H]2C)n(C)n1. The van der Waals surface area contributed by atoms with Crippen LogP contribution in [0, 0.1) is 0 Å². The zero-order chi connectivity index (χ0) is 22.1. The van der Waals surface area contributed by atoms with Gasteiger partial charge in [0, 0.05) is 31.4 Å². The summed E-state index contributed by atoms with van der Waals surface area (Å²) < 4.78 is 1.66. The van der Waals surface area contributed by atoms with Crippen LogP contribution in [0.2, 0.25) is 0 Å². The highest BCUT2D eigenvalue weighted by Gasteiger charge is 2.38. The number of carbonyl (C=O) groups is 2. The topological polar surface area (TPSA) is 58.4 Å². The van der Waals surface area contributed by atoms with E-state index in [0.717, 1.165) is 29.1 Å². The van der Waals surface area contributed by atoms with Gasteiger partial charge in [-0.1, -0.05) is 43.3 Å². The van der Waals surface area contributed by atoms with E-state index in [1.54, 1.807) is 11.6 Å². The molecule has 0 bridgehead atoms. The van der Waals surface area contributed by atoms with E-state index in [0.29, 0.717) is 12.1 Å². The van der Waals surface area contributed by atoms with Crippen molar-refractivity contribution in [3.63, 3.8) is 0 Å². The minimum absolute atomic E-state index is 0.0165. The summed E-state index contributed by atoms with van der Waals surface area (Å²) >= 11 is 0. The standard InChI is InChI=1S/C25H28N4O2/c1-5-19-16-24(27(4)26-19)25(31)28-17(2)15-23(21-13-9-10-14-22(21)28)29(18(3)30)20-11-7-6-8-12-20/h6-14,16-17,23H,5,15H2,1-4H3/t17-,23+/m0/s1. The molecule has 160 valence electrons. The number of amides is 2. The maximum absolute atomic E-state index is 13.6. The Morgan fingerprint density at radius 3 is 2.42 bits per heavy atom. The van der Waals surface area contributed by atoms with Gasteiger partial charge in [0.15, 0.2) is 0 Å². The summed E-state index contributed by atoms with van der Waals surface area (Å²) in [6.07, 6.45) is 1.43. The summed E-state index contributed by atoms with van der Waals surface area (Å²) in [7, 11) is 1.81. The molecule has 2 heterocycles. The maximum atomic E-state index is 13.6. The maximum Gasteiger partial charge on any atom is 0.276 e. The van der Waals surface area contributed by atoms with Gasteiger partial charge in [0.2, 0.25) is 5.91 Å². The van der Waals surface area contributed by atoms with Gasteiger partial charge in [-0.05, 0) is 49.6 Å². The van der Waals surface area contributed by atoms with Crippen LogP contribution >= 0.6 is 0 Å². The van der Waals surface area contributed by atoms with Crippen molar-refractivity contribution in [2.45, 2.75) is 45.7 Å². The second-order valence-electron chi connectivity index (χ2n) is 8.06. The molecular weight excluding hydrogens is 388 g/mol. The Morgan fingerprint density at radius 2 is 1.77 bits per heavy atom. The van der Waals surface area contributed by atoms with Crippen molar-refractivity contribution in [1.29, 1.82) is 0 Å². The van der Waals surface area contributed by atoms with Crippen molar-refractivity contribution in [1.82, 2.24) is 9.78 Å². The summed E-state index contributed by atoms with van der Waals surface area (Å²) in [5.41, 5.74) is 4.15. The van der Waals surface area contributed by atoms with Gasteiger partial charge >= 0.3 is 0 Å². The third kappa shape index (κ3) is 3.74. The largest absolute Gasteiger partial charge is 0.305 e. The van der Waals surface area contributed by atoms with Crippen LogP contribution in [0.15, 0.2) is 60.7 Å². The Balaban J connectivity index is 1.78. The molecule has 0 unspecified atom stereocenters. The lowest BCUT2D eigenvalue weighted by atomic mass is 9.89. The minimum atomic E-state index is -0.145. The van der Waals surface area contributed by atoms with E-state index < -0.39 is 0 Å². The monoisotopic (exact) mass is 416 g/mol. The molecule has 0 spiro atoms. The predicted molar refractivity (Wildman–Crippen MR) is 122 cm³/mol. The van der Waals surface area contributed by atoms with Gasteiger partial charge < -0.3 is 9.80 Å². The fourth-order valence-electron chi connectivity index (χ4n) is 4.53. The van der Waals surface area contributed by atoms with Crippen LogP contribution < -0.4 is 9.80 Å². The van der Waals surface area contributed by atoms with Crippen LogP contribution in [-0.2, 0) is 18.3 Å². The number of aromatic nitrogens is 2. The number of aryl methyl sites for hydroxylation is 2. The molecule has 0 saturated carbocycles. The molecule has 31 heavy (non-hydrogen) atoms. The Kier molecular flexibility index (Phi) is 5.63. The highest BCUT2D eigenvalue weighted by molar-refractivity contribution is 6.06. The van der Waals surface area contributed by atoms with Crippen LogP contribution in [0.4, 0.5) is 11.4 Å². The van der Waals surface area contributed by atoms with Gasteiger partial charge in [-0.15, -0.1) is 0 Å². The Morgan fingerprint density at radius 1 is 1.10 bits per heavy atom. The molecule has 6 heteroatoms. The molecule has 1 aliphatic rings. The first-order chi connectivity index (χ1) is 14.9. The van der Waals surface area contributed by atoms with Gasteiger partial charge in [0.25, 0.3) is 5.91 Å². The molecule has 0 N–H and O–H groups in total. The number of carbonyl (C=O) groups excluding carboxylic acids is 2. The van der Waals surface area contributed by atoms with Gasteiger partial charge in [0.05, 0.1) is 11.7 Å². The van der Waals surface area contributed by atoms with E-state index in [4.69, 9.17) is 0 Å². The molecule has 0 aliphatic carbocycles. The van der Waals surface area contributed by atoms with E-state index in [1.807, 2.05) is 91.4 Å². The molecule has 2 atom stereocenters. The normalized spacial score (nSPS) is 17.9. The molecule has 6 nitrogen and oxygen atoms in total. The lowest BCUT2D eigenvalue weighted by Crippen LogP contribution is -2.47. The number of rotatable bonds is 4.